The van der Waals surface area contributed by atoms with Gasteiger partial charge in [0.2, 0.25) is 0 Å². The zero-order valence-corrected chi connectivity index (χ0v) is 15.0. The second kappa shape index (κ2) is 5.24. The molecule has 1 aliphatic rings. The fraction of sp³-hybridized carbons (Fsp3) is 0.462. The second-order valence-corrected chi connectivity index (χ2v) is 5.96. The first-order chi connectivity index (χ1) is 7.73. The number of hydrogen-bond donors (Lipinski definition) is 1. The van der Waals surface area contributed by atoms with Crippen LogP contribution in [0.1, 0.15) is 33.3 Å². The predicted octanol–water partition coefficient (Wildman–Crippen LogP) is 2.45. The zero-order valence-electron chi connectivity index (χ0n) is 11.2. The van der Waals surface area contributed by atoms with E-state index in [1.165, 1.54) is 0 Å². The van der Waals surface area contributed by atoms with Gasteiger partial charge in [0, 0.05) is 21.1 Å². The van der Waals surface area contributed by atoms with Crippen molar-refractivity contribution in [3.8, 4) is 0 Å². The van der Waals surface area contributed by atoms with Gasteiger partial charge in [-0.2, -0.15) is 37.2 Å². The minimum absolute atomic E-state index is 0. The number of benzene rings is 1. The molecule has 2 nitrogen and oxygen atoms in total. The van der Waals surface area contributed by atoms with E-state index in [4.69, 9.17) is 9.31 Å². The van der Waals surface area contributed by atoms with Crippen LogP contribution in [-0.2, 0) is 30.4 Å². The van der Waals surface area contributed by atoms with E-state index in [1.54, 1.807) is 0 Å². The minimum Gasteiger partial charge on any atom is -0.399 e. The molecule has 1 aliphatic heterocycles. The van der Waals surface area contributed by atoms with Crippen LogP contribution in [0, 0.1) is 6.92 Å². The normalized spacial score (nSPS) is 20.6. The second-order valence-electron chi connectivity index (χ2n) is 5.48. The summed E-state index contributed by atoms with van der Waals surface area (Å²) >= 11 is 4.46. The van der Waals surface area contributed by atoms with Gasteiger partial charge < -0.3 is 9.31 Å². The van der Waals surface area contributed by atoms with Gasteiger partial charge in [0.15, 0.2) is 0 Å². The van der Waals surface area contributed by atoms with Gasteiger partial charge in [-0.25, -0.2) is 0 Å². The van der Waals surface area contributed by atoms with E-state index in [0.29, 0.717) is 0 Å². The summed E-state index contributed by atoms with van der Waals surface area (Å²) in [5.74, 6) is 0. The molecule has 0 amide bonds. The van der Waals surface area contributed by atoms with Crippen molar-refractivity contribution in [1.82, 2.24) is 0 Å². The van der Waals surface area contributed by atoms with Gasteiger partial charge in [0.1, 0.15) is 0 Å². The van der Waals surface area contributed by atoms with Crippen LogP contribution in [0.25, 0.3) is 0 Å². The molecule has 5 heteroatoms. The van der Waals surface area contributed by atoms with Crippen LogP contribution in [0.15, 0.2) is 23.1 Å². The van der Waals surface area contributed by atoms with Crippen molar-refractivity contribution in [3.63, 3.8) is 0 Å². The number of rotatable bonds is 1. The average Bonchev–Trinajstić information content (AvgIpc) is 2.35. The molecule has 0 aliphatic carbocycles. The molecule has 0 spiro atoms. The molecule has 1 fully saturated rings. The summed E-state index contributed by atoms with van der Waals surface area (Å²) in [6, 6.07) is 5.83. The quantitative estimate of drug-likeness (QED) is 0.417. The summed E-state index contributed by atoms with van der Waals surface area (Å²) in [5.41, 5.74) is 1.26. The number of thiol groups is 1. The molecule has 1 aromatic rings. The van der Waals surface area contributed by atoms with Crippen molar-refractivity contribution in [3.05, 3.63) is 30.7 Å². The summed E-state index contributed by atoms with van der Waals surface area (Å²) in [4.78, 5) is 0.857. The third-order valence-corrected chi connectivity index (χ3v) is 3.99. The summed E-state index contributed by atoms with van der Waals surface area (Å²) in [6.07, 6.45) is 0. The van der Waals surface area contributed by atoms with Crippen LogP contribution in [0.4, 0.5) is 0 Å². The maximum atomic E-state index is 5.98. The molecule has 0 atom stereocenters. The van der Waals surface area contributed by atoms with E-state index in [2.05, 4.69) is 19.6 Å². The predicted molar refractivity (Wildman–Crippen MR) is 73.9 cm³/mol. The molecule has 0 aromatic heterocycles. The van der Waals surface area contributed by atoms with Crippen molar-refractivity contribution in [2.45, 2.75) is 43.8 Å². The molecular formula is C13H18BO2SW-. The van der Waals surface area contributed by atoms with Crippen molar-refractivity contribution >= 4 is 25.2 Å². The molecule has 0 bridgehead atoms. The van der Waals surface area contributed by atoms with Gasteiger partial charge in [-0.15, -0.1) is 6.07 Å². The van der Waals surface area contributed by atoms with Crippen LogP contribution in [0.2, 0.25) is 0 Å². The number of hydrogen-bond acceptors (Lipinski definition) is 3. The maximum Gasteiger partial charge on any atom is 0.493 e. The SMILES string of the molecule is [CH2-]c1ccc(B2OC(C)(C)C(C)(C)O2)c(S)c1.[W]. The van der Waals surface area contributed by atoms with E-state index in [9.17, 15) is 0 Å². The Morgan fingerprint density at radius 1 is 1.11 bits per heavy atom. The topological polar surface area (TPSA) is 18.5 Å². The van der Waals surface area contributed by atoms with E-state index >= 15 is 0 Å². The van der Waals surface area contributed by atoms with E-state index in [-0.39, 0.29) is 39.4 Å². The fourth-order valence-corrected chi connectivity index (χ4v) is 2.10. The monoisotopic (exact) mass is 433 g/mol. The maximum absolute atomic E-state index is 5.98. The Kier molecular flexibility index (Phi) is 4.71. The molecule has 2 rings (SSSR count). The molecule has 98 valence electrons. The molecule has 1 heterocycles. The van der Waals surface area contributed by atoms with Gasteiger partial charge in [-0.1, -0.05) is 4.90 Å². The Morgan fingerprint density at radius 2 is 1.61 bits per heavy atom. The third kappa shape index (κ3) is 2.82. The summed E-state index contributed by atoms with van der Waals surface area (Å²) in [6.45, 7) is 12.0. The Hall–Kier alpha value is 0.113. The Bertz CT molecular complexity index is 433. The largest absolute Gasteiger partial charge is 0.493 e. The Labute approximate surface area is 130 Å². The molecule has 0 radical (unpaired) electrons. The van der Waals surface area contributed by atoms with E-state index in [0.717, 1.165) is 15.9 Å². The molecule has 1 saturated heterocycles. The molecule has 0 unspecified atom stereocenters. The van der Waals surface area contributed by atoms with Crippen molar-refractivity contribution in [2.75, 3.05) is 0 Å². The summed E-state index contributed by atoms with van der Waals surface area (Å²) in [7, 11) is -0.354. The minimum atomic E-state index is -0.354. The van der Waals surface area contributed by atoms with Gasteiger partial charge >= 0.3 is 7.12 Å². The standard InChI is InChI=1S/C13H18BO2S.W/c1-9-6-7-10(11(17)8-9)14-15-12(2,3)13(4,5)16-14;/h6-8,17H,1H2,2-5H3;/q-1;. The first-order valence-electron chi connectivity index (χ1n) is 5.73. The van der Waals surface area contributed by atoms with E-state index in [1.807, 2.05) is 45.9 Å². The molecule has 0 saturated carbocycles. The fourth-order valence-electron chi connectivity index (χ4n) is 1.76. The zero-order chi connectivity index (χ0) is 12.8. The Balaban J connectivity index is 0.00000162. The van der Waals surface area contributed by atoms with Crippen LogP contribution >= 0.6 is 12.6 Å². The van der Waals surface area contributed by atoms with Crippen LogP contribution in [-0.4, -0.2) is 18.3 Å². The molecule has 1 aromatic carbocycles. The van der Waals surface area contributed by atoms with Crippen molar-refractivity contribution in [2.24, 2.45) is 0 Å². The van der Waals surface area contributed by atoms with Crippen molar-refractivity contribution in [1.29, 1.82) is 0 Å². The molecule has 18 heavy (non-hydrogen) atoms. The van der Waals surface area contributed by atoms with E-state index < -0.39 is 0 Å². The third-order valence-electron chi connectivity index (χ3n) is 3.60. The van der Waals surface area contributed by atoms with Crippen LogP contribution < -0.4 is 5.46 Å². The summed E-state index contributed by atoms with van der Waals surface area (Å²) < 4.78 is 12.0. The molecule has 0 N–H and O–H groups in total. The van der Waals surface area contributed by atoms with Gasteiger partial charge in [0.25, 0.3) is 0 Å². The van der Waals surface area contributed by atoms with Crippen LogP contribution in [0.5, 0.6) is 0 Å². The van der Waals surface area contributed by atoms with Gasteiger partial charge in [0.05, 0.1) is 11.2 Å². The molecular weight excluding hydrogens is 415 g/mol. The first-order valence-corrected chi connectivity index (χ1v) is 6.18. The average molecular weight is 433 g/mol. The van der Waals surface area contributed by atoms with Gasteiger partial charge in [-0.3, -0.25) is 0 Å². The Morgan fingerprint density at radius 3 is 2.06 bits per heavy atom. The smallest absolute Gasteiger partial charge is 0.399 e. The first kappa shape index (κ1) is 16.2. The van der Waals surface area contributed by atoms with Crippen LogP contribution in [0.3, 0.4) is 0 Å². The van der Waals surface area contributed by atoms with Crippen molar-refractivity contribution < 1.29 is 30.4 Å². The summed E-state index contributed by atoms with van der Waals surface area (Å²) in [5, 5.41) is 0. The van der Waals surface area contributed by atoms with Gasteiger partial charge in [-0.05, 0) is 33.2 Å².